The zero-order chi connectivity index (χ0) is 14.1. The van der Waals surface area contributed by atoms with E-state index in [0.29, 0.717) is 0 Å². The van der Waals surface area contributed by atoms with E-state index in [9.17, 15) is 0 Å². The minimum absolute atomic E-state index is 1.05. The molecule has 0 atom stereocenters. The highest BCUT2D eigenvalue weighted by molar-refractivity contribution is 5.68. The lowest BCUT2D eigenvalue weighted by Gasteiger charge is -2.07. The van der Waals surface area contributed by atoms with Crippen molar-refractivity contribution in [3.8, 4) is 0 Å². The van der Waals surface area contributed by atoms with Gasteiger partial charge in [0.05, 0.1) is 0 Å². The van der Waals surface area contributed by atoms with Crippen LogP contribution < -0.4 is 0 Å². The summed E-state index contributed by atoms with van der Waals surface area (Å²) in [6, 6.07) is 10.5. The van der Waals surface area contributed by atoms with Crippen LogP contribution in [0.1, 0.15) is 39.7 Å². The number of hydrogen-bond donors (Lipinski definition) is 0. The van der Waals surface area contributed by atoms with E-state index < -0.39 is 0 Å². The van der Waals surface area contributed by atoms with Gasteiger partial charge in [-0.15, -0.1) is 0 Å². The Morgan fingerprint density at radius 1 is 1.05 bits per heavy atom. The van der Waals surface area contributed by atoms with E-state index in [-0.39, 0.29) is 0 Å². The topological polar surface area (TPSA) is 0 Å². The summed E-state index contributed by atoms with van der Waals surface area (Å²) < 4.78 is 0. The van der Waals surface area contributed by atoms with Gasteiger partial charge in [-0.1, -0.05) is 67.6 Å². The molecular weight excluding hydrogens is 228 g/mol. The van der Waals surface area contributed by atoms with Gasteiger partial charge in [-0.2, -0.15) is 0 Å². The van der Waals surface area contributed by atoms with E-state index in [1.807, 2.05) is 0 Å². The minimum Gasteiger partial charge on any atom is -0.0871 e. The lowest BCUT2D eigenvalue weighted by atomic mass is 9.98. The van der Waals surface area contributed by atoms with Gasteiger partial charge < -0.3 is 0 Å². The van der Waals surface area contributed by atoms with Gasteiger partial charge in [-0.05, 0) is 49.5 Å². The van der Waals surface area contributed by atoms with Crippen LogP contribution in [0.4, 0.5) is 0 Å². The minimum atomic E-state index is 1.05. The lowest BCUT2D eigenvalue weighted by Crippen LogP contribution is -1.86. The molecule has 0 saturated carbocycles. The molecule has 0 aliphatic rings. The second kappa shape index (κ2) is 8.31. The molecule has 19 heavy (non-hydrogen) atoms. The Morgan fingerprint density at radius 2 is 1.74 bits per heavy atom. The van der Waals surface area contributed by atoms with Crippen molar-refractivity contribution < 1.29 is 0 Å². The van der Waals surface area contributed by atoms with Crippen LogP contribution >= 0.6 is 0 Å². The second-order valence-electron chi connectivity index (χ2n) is 4.51. The van der Waals surface area contributed by atoms with Gasteiger partial charge in [-0.3, -0.25) is 0 Å². The highest BCUT2D eigenvalue weighted by atomic mass is 14.1. The van der Waals surface area contributed by atoms with Crippen LogP contribution in [0, 0.1) is 0 Å². The fourth-order valence-electron chi connectivity index (χ4n) is 2.03. The molecule has 0 heterocycles. The molecule has 0 bridgehead atoms. The third-order valence-corrected chi connectivity index (χ3v) is 3.02. The molecule has 100 valence electrons. The van der Waals surface area contributed by atoms with Crippen LogP contribution in [0.5, 0.6) is 0 Å². The highest BCUT2D eigenvalue weighted by Gasteiger charge is 2.00. The summed E-state index contributed by atoms with van der Waals surface area (Å²) in [6.07, 6.45) is 12.0. The molecule has 0 radical (unpaired) electrons. The molecule has 0 unspecified atom stereocenters. The first-order chi connectivity index (χ1) is 9.22. The van der Waals surface area contributed by atoms with Crippen LogP contribution in [0.15, 0.2) is 71.9 Å². The van der Waals surface area contributed by atoms with Gasteiger partial charge in [0, 0.05) is 0 Å². The zero-order valence-electron chi connectivity index (χ0n) is 12.5. The Morgan fingerprint density at radius 3 is 2.26 bits per heavy atom. The first kappa shape index (κ1) is 15.2. The molecule has 0 saturated heterocycles. The van der Waals surface area contributed by atoms with Crippen LogP contribution in [0.3, 0.4) is 0 Å². The molecule has 0 aliphatic heterocycles. The fourth-order valence-corrected chi connectivity index (χ4v) is 2.03. The SMILES string of the molecule is C\C=C/C(=C\CC)C(=C/C)/C=C(\C)c1ccccc1. The Labute approximate surface area is 117 Å². The van der Waals surface area contributed by atoms with Gasteiger partial charge in [0.25, 0.3) is 0 Å². The molecule has 0 aliphatic carbocycles. The Kier molecular flexibility index (Phi) is 6.67. The summed E-state index contributed by atoms with van der Waals surface area (Å²) in [4.78, 5) is 0. The number of benzene rings is 1. The van der Waals surface area contributed by atoms with Crippen molar-refractivity contribution in [2.45, 2.75) is 34.1 Å². The maximum absolute atomic E-state index is 2.27. The molecule has 0 N–H and O–H groups in total. The monoisotopic (exact) mass is 252 g/mol. The van der Waals surface area contributed by atoms with Crippen molar-refractivity contribution in [3.63, 3.8) is 0 Å². The summed E-state index contributed by atoms with van der Waals surface area (Å²) in [7, 11) is 0. The van der Waals surface area contributed by atoms with Crippen LogP contribution in [-0.4, -0.2) is 0 Å². The predicted molar refractivity (Wildman–Crippen MR) is 87.0 cm³/mol. The standard InChI is InChI=1S/C19H24/c1-5-11-19(12-6-2)17(7-3)15-16(4)18-13-9-8-10-14-18/h5,7-15H,6H2,1-4H3/b11-5-,16-15+,17-7+,19-12+. The largest absolute Gasteiger partial charge is 0.0871 e. The van der Waals surface area contributed by atoms with Crippen molar-refractivity contribution in [3.05, 3.63) is 77.4 Å². The molecule has 0 heteroatoms. The molecule has 1 aromatic carbocycles. The van der Waals surface area contributed by atoms with Gasteiger partial charge in [0.2, 0.25) is 0 Å². The van der Waals surface area contributed by atoms with E-state index in [1.165, 1.54) is 22.3 Å². The summed E-state index contributed by atoms with van der Waals surface area (Å²) in [5, 5.41) is 0. The Bertz CT molecular complexity index is 496. The van der Waals surface area contributed by atoms with Gasteiger partial charge in [0.15, 0.2) is 0 Å². The van der Waals surface area contributed by atoms with Crippen molar-refractivity contribution >= 4 is 5.57 Å². The fraction of sp³-hybridized carbons (Fsp3) is 0.263. The van der Waals surface area contributed by atoms with Crippen molar-refractivity contribution in [2.75, 3.05) is 0 Å². The Hall–Kier alpha value is -1.82. The lowest BCUT2D eigenvalue weighted by molar-refractivity contribution is 1.20. The van der Waals surface area contributed by atoms with Crippen LogP contribution in [-0.2, 0) is 0 Å². The molecule has 0 fully saturated rings. The normalized spacial score (nSPS) is 14.2. The first-order valence-corrected chi connectivity index (χ1v) is 6.96. The third-order valence-electron chi connectivity index (χ3n) is 3.02. The molecule has 1 rings (SSSR count). The van der Waals surface area contributed by atoms with Gasteiger partial charge in [-0.25, -0.2) is 0 Å². The molecule has 0 spiro atoms. The second-order valence-corrected chi connectivity index (χ2v) is 4.51. The van der Waals surface area contributed by atoms with Crippen LogP contribution in [0.2, 0.25) is 0 Å². The first-order valence-electron chi connectivity index (χ1n) is 6.96. The summed E-state index contributed by atoms with van der Waals surface area (Å²) >= 11 is 0. The van der Waals surface area contributed by atoms with E-state index in [2.05, 4.69) is 88.4 Å². The highest BCUT2D eigenvalue weighted by Crippen LogP contribution is 2.21. The maximum Gasteiger partial charge on any atom is -0.0227 e. The quantitative estimate of drug-likeness (QED) is 0.568. The number of hydrogen-bond acceptors (Lipinski definition) is 0. The molecular formula is C19H24. The summed E-state index contributed by atoms with van der Waals surface area (Å²) in [6.45, 7) is 8.49. The Balaban J connectivity index is 3.09. The van der Waals surface area contributed by atoms with Crippen molar-refractivity contribution in [1.29, 1.82) is 0 Å². The average molecular weight is 252 g/mol. The molecule has 0 aromatic heterocycles. The van der Waals surface area contributed by atoms with E-state index in [0.717, 1.165) is 6.42 Å². The van der Waals surface area contributed by atoms with Crippen molar-refractivity contribution in [1.82, 2.24) is 0 Å². The van der Waals surface area contributed by atoms with E-state index in [4.69, 9.17) is 0 Å². The summed E-state index contributed by atoms with van der Waals surface area (Å²) in [5.41, 5.74) is 5.14. The molecule has 0 amide bonds. The number of allylic oxidation sites excluding steroid dienone is 8. The number of rotatable bonds is 5. The molecule has 1 aromatic rings. The van der Waals surface area contributed by atoms with Gasteiger partial charge >= 0.3 is 0 Å². The zero-order valence-corrected chi connectivity index (χ0v) is 12.5. The van der Waals surface area contributed by atoms with E-state index >= 15 is 0 Å². The van der Waals surface area contributed by atoms with Crippen molar-refractivity contribution in [2.24, 2.45) is 0 Å². The predicted octanol–water partition coefficient (Wildman–Crippen LogP) is 5.95. The maximum atomic E-state index is 2.27. The average Bonchev–Trinajstić information content (AvgIpc) is 2.45. The van der Waals surface area contributed by atoms with Crippen LogP contribution in [0.25, 0.3) is 5.57 Å². The molecule has 0 nitrogen and oxygen atoms in total. The van der Waals surface area contributed by atoms with E-state index in [1.54, 1.807) is 0 Å². The van der Waals surface area contributed by atoms with Gasteiger partial charge in [0.1, 0.15) is 0 Å². The summed E-state index contributed by atoms with van der Waals surface area (Å²) in [5.74, 6) is 0. The third kappa shape index (κ3) is 4.75. The smallest absolute Gasteiger partial charge is 0.0227 e.